The van der Waals surface area contributed by atoms with Crippen LogP contribution in [0.3, 0.4) is 0 Å². The first kappa shape index (κ1) is 19.5. The molecule has 1 aliphatic rings. The zero-order chi connectivity index (χ0) is 18.4. The molecule has 0 atom stereocenters. The van der Waals surface area contributed by atoms with E-state index in [-0.39, 0.29) is 19.6 Å². The summed E-state index contributed by atoms with van der Waals surface area (Å²) in [6.07, 6.45) is -0.399. The van der Waals surface area contributed by atoms with Crippen molar-refractivity contribution in [2.45, 2.75) is 13.5 Å². The average molecular weight is 371 g/mol. The number of piperazine rings is 1. The molecule has 0 saturated carbocycles. The van der Waals surface area contributed by atoms with Gasteiger partial charge < -0.3 is 14.4 Å². The van der Waals surface area contributed by atoms with E-state index in [1.54, 1.807) is 21.1 Å². The van der Waals surface area contributed by atoms with Crippen LogP contribution in [0.1, 0.15) is 12.5 Å². The van der Waals surface area contributed by atoms with Gasteiger partial charge in [0.15, 0.2) is 0 Å². The maximum atomic E-state index is 12.7. The molecule has 25 heavy (non-hydrogen) atoms. The Labute approximate surface area is 149 Å². The maximum absolute atomic E-state index is 12.7. The van der Waals surface area contributed by atoms with E-state index in [0.29, 0.717) is 25.4 Å². The van der Waals surface area contributed by atoms with Crippen LogP contribution in [0.5, 0.6) is 5.75 Å². The number of carbonyl (C=O) groups excluding carboxylic acids is 1. The van der Waals surface area contributed by atoms with Crippen molar-refractivity contribution in [2.75, 3.05) is 46.9 Å². The van der Waals surface area contributed by atoms with Crippen molar-refractivity contribution >= 4 is 16.3 Å². The zero-order valence-electron chi connectivity index (χ0n) is 14.8. The minimum atomic E-state index is -3.59. The summed E-state index contributed by atoms with van der Waals surface area (Å²) in [6, 6.07) is 7.30. The third-order valence-electron chi connectivity index (χ3n) is 4.02. The van der Waals surface area contributed by atoms with Crippen LogP contribution in [0.4, 0.5) is 4.79 Å². The Hall–Kier alpha value is -1.84. The van der Waals surface area contributed by atoms with Crippen LogP contribution in [0, 0.1) is 0 Å². The van der Waals surface area contributed by atoms with Gasteiger partial charge in [0.05, 0.1) is 13.7 Å². The Morgan fingerprint density at radius 2 is 1.92 bits per heavy atom. The summed E-state index contributed by atoms with van der Waals surface area (Å²) in [4.78, 5) is 13.2. The van der Waals surface area contributed by atoms with E-state index < -0.39 is 16.3 Å². The van der Waals surface area contributed by atoms with E-state index >= 15 is 0 Å². The number of ether oxygens (including phenoxy) is 2. The molecular weight excluding hydrogens is 346 g/mol. The fraction of sp³-hybridized carbons (Fsp3) is 0.562. The second-order valence-electron chi connectivity index (χ2n) is 5.70. The number of hydrogen-bond acceptors (Lipinski definition) is 5. The molecule has 0 N–H and O–H groups in total. The van der Waals surface area contributed by atoms with Crippen molar-refractivity contribution in [3.8, 4) is 5.75 Å². The van der Waals surface area contributed by atoms with Crippen LogP contribution in [-0.2, 0) is 21.5 Å². The fourth-order valence-corrected chi connectivity index (χ4v) is 3.95. The summed E-state index contributed by atoms with van der Waals surface area (Å²) in [6.45, 7) is 3.45. The fourth-order valence-electron chi connectivity index (χ4n) is 2.62. The van der Waals surface area contributed by atoms with Gasteiger partial charge in [-0.3, -0.25) is 0 Å². The molecule has 2 rings (SSSR count). The number of amides is 1. The number of nitrogens with zero attached hydrogens (tertiary/aromatic N) is 3. The Balaban J connectivity index is 1.97. The highest BCUT2D eigenvalue weighted by molar-refractivity contribution is 7.86. The lowest BCUT2D eigenvalue weighted by molar-refractivity contribution is 0.0925. The van der Waals surface area contributed by atoms with Crippen molar-refractivity contribution in [3.05, 3.63) is 29.8 Å². The van der Waals surface area contributed by atoms with Gasteiger partial charge in [-0.05, 0) is 24.6 Å². The molecule has 0 radical (unpaired) electrons. The Kier molecular flexibility index (Phi) is 6.63. The number of methoxy groups -OCH3 is 1. The van der Waals surface area contributed by atoms with Crippen molar-refractivity contribution in [1.29, 1.82) is 0 Å². The van der Waals surface area contributed by atoms with Gasteiger partial charge in [-0.15, -0.1) is 0 Å². The summed E-state index contributed by atoms with van der Waals surface area (Å²) in [7, 11) is -0.474. The van der Waals surface area contributed by atoms with E-state index in [1.807, 2.05) is 24.3 Å². The van der Waals surface area contributed by atoms with Crippen LogP contribution in [0.2, 0.25) is 0 Å². The van der Waals surface area contributed by atoms with E-state index in [4.69, 9.17) is 9.47 Å². The molecule has 1 aliphatic heterocycles. The summed E-state index contributed by atoms with van der Waals surface area (Å²) in [5.74, 6) is 0.686. The van der Waals surface area contributed by atoms with Gasteiger partial charge >= 0.3 is 6.09 Å². The molecule has 1 fully saturated rings. The van der Waals surface area contributed by atoms with Crippen LogP contribution in [0.15, 0.2) is 24.3 Å². The largest absolute Gasteiger partial charge is 0.497 e. The highest BCUT2D eigenvalue weighted by Crippen LogP contribution is 2.17. The lowest BCUT2D eigenvalue weighted by atomic mass is 10.2. The number of rotatable bonds is 6. The zero-order valence-corrected chi connectivity index (χ0v) is 15.7. The quantitative estimate of drug-likeness (QED) is 0.749. The first-order valence-corrected chi connectivity index (χ1v) is 9.54. The molecule has 140 valence electrons. The van der Waals surface area contributed by atoms with Gasteiger partial charge in [-0.25, -0.2) is 4.79 Å². The average Bonchev–Trinajstić information content (AvgIpc) is 2.62. The van der Waals surface area contributed by atoms with Gasteiger partial charge in [-0.2, -0.15) is 17.0 Å². The highest BCUT2D eigenvalue weighted by Gasteiger charge is 2.32. The minimum Gasteiger partial charge on any atom is -0.497 e. The van der Waals surface area contributed by atoms with Crippen molar-refractivity contribution in [3.63, 3.8) is 0 Å². The molecule has 1 aromatic carbocycles. The Bertz CT molecular complexity index is 687. The molecule has 0 spiro atoms. The summed E-state index contributed by atoms with van der Waals surface area (Å²) >= 11 is 0. The SMILES string of the molecule is CCOC(=O)N1CCN(S(=O)(=O)N(C)Cc2cccc(OC)c2)CC1. The van der Waals surface area contributed by atoms with Gasteiger partial charge in [0.25, 0.3) is 10.2 Å². The second kappa shape index (κ2) is 8.50. The van der Waals surface area contributed by atoms with Gasteiger partial charge in [0, 0.05) is 39.8 Å². The molecule has 0 aromatic heterocycles. The summed E-state index contributed by atoms with van der Waals surface area (Å²) in [5, 5.41) is 0. The molecule has 0 aliphatic carbocycles. The molecule has 1 amide bonds. The van der Waals surface area contributed by atoms with E-state index in [2.05, 4.69) is 0 Å². The molecule has 9 heteroatoms. The summed E-state index contributed by atoms with van der Waals surface area (Å²) in [5.41, 5.74) is 0.843. The summed E-state index contributed by atoms with van der Waals surface area (Å²) < 4.78 is 38.3. The van der Waals surface area contributed by atoms with Crippen LogP contribution in [-0.4, -0.2) is 75.0 Å². The second-order valence-corrected chi connectivity index (χ2v) is 7.74. The number of carbonyl (C=O) groups is 1. The van der Waals surface area contributed by atoms with Gasteiger partial charge in [0.1, 0.15) is 5.75 Å². The van der Waals surface area contributed by atoms with E-state index in [0.717, 1.165) is 5.56 Å². The topological polar surface area (TPSA) is 79.4 Å². The van der Waals surface area contributed by atoms with Crippen LogP contribution < -0.4 is 4.74 Å². The van der Waals surface area contributed by atoms with Crippen molar-refractivity contribution in [2.24, 2.45) is 0 Å². The standard InChI is InChI=1S/C16H25N3O5S/c1-4-24-16(20)18-8-10-19(11-9-18)25(21,22)17(2)13-14-6-5-7-15(12-14)23-3/h5-7,12H,4,8-11,13H2,1-3H3. The monoisotopic (exact) mass is 371 g/mol. The molecule has 1 aromatic rings. The van der Waals surface area contributed by atoms with Crippen molar-refractivity contribution < 1.29 is 22.7 Å². The normalized spacial score (nSPS) is 16.1. The smallest absolute Gasteiger partial charge is 0.409 e. The first-order valence-electron chi connectivity index (χ1n) is 8.14. The van der Waals surface area contributed by atoms with Gasteiger partial charge in [-0.1, -0.05) is 12.1 Å². The van der Waals surface area contributed by atoms with Crippen molar-refractivity contribution in [1.82, 2.24) is 13.5 Å². The third kappa shape index (κ3) is 4.83. The van der Waals surface area contributed by atoms with Crippen LogP contribution >= 0.6 is 0 Å². The Morgan fingerprint density at radius 1 is 1.24 bits per heavy atom. The third-order valence-corrected chi connectivity index (χ3v) is 5.96. The lowest BCUT2D eigenvalue weighted by Crippen LogP contribution is -2.53. The first-order chi connectivity index (χ1) is 11.9. The van der Waals surface area contributed by atoms with E-state index in [9.17, 15) is 13.2 Å². The molecule has 8 nitrogen and oxygen atoms in total. The van der Waals surface area contributed by atoms with Crippen LogP contribution in [0.25, 0.3) is 0 Å². The van der Waals surface area contributed by atoms with E-state index in [1.165, 1.54) is 13.5 Å². The molecule has 1 saturated heterocycles. The maximum Gasteiger partial charge on any atom is 0.409 e. The molecular formula is C16H25N3O5S. The predicted octanol–water partition coefficient (Wildman–Crippen LogP) is 1.15. The lowest BCUT2D eigenvalue weighted by Gasteiger charge is -2.35. The molecule has 0 unspecified atom stereocenters. The number of benzene rings is 1. The minimum absolute atomic E-state index is 0.248. The van der Waals surface area contributed by atoms with Gasteiger partial charge in [0.2, 0.25) is 0 Å². The predicted molar refractivity (Wildman–Crippen MR) is 93.5 cm³/mol. The Morgan fingerprint density at radius 3 is 2.52 bits per heavy atom. The highest BCUT2D eigenvalue weighted by atomic mass is 32.2. The number of hydrogen-bond donors (Lipinski definition) is 0. The molecule has 1 heterocycles. The molecule has 0 bridgehead atoms.